The maximum absolute atomic E-state index is 13.5. The average Bonchev–Trinajstić information content (AvgIpc) is 3.48. The minimum atomic E-state index is -4.83. The van der Waals surface area contributed by atoms with Gasteiger partial charge in [-0.25, -0.2) is 23.1 Å². The van der Waals surface area contributed by atoms with Gasteiger partial charge in [-0.05, 0) is 24.3 Å². The monoisotopic (exact) mass is 543 g/mol. The first-order valence-electron chi connectivity index (χ1n) is 10.7. The molecule has 0 fully saturated rings. The number of carbonyl (C=O) groups excluding carboxylic acids is 1. The number of amides is 1. The second-order valence-electron chi connectivity index (χ2n) is 8.09. The van der Waals surface area contributed by atoms with Gasteiger partial charge in [-0.3, -0.25) is 10.1 Å². The SMILES string of the molecule is CS(=O)(=O)c1ccccc1-c1cnc(NC(=O)c2cc(C(F)(F)F)nn2-c2ccc3onc(N)c3c2)nc1. The second-order valence-corrected chi connectivity index (χ2v) is 10.1. The zero-order valence-electron chi connectivity index (χ0n) is 19.3. The number of alkyl halides is 3. The Morgan fingerprint density at radius 1 is 1.08 bits per heavy atom. The largest absolute Gasteiger partial charge is 0.435 e. The van der Waals surface area contributed by atoms with Crippen LogP contribution >= 0.6 is 0 Å². The number of nitrogens with one attached hydrogen (secondary N) is 1. The fourth-order valence-corrected chi connectivity index (χ4v) is 4.59. The zero-order valence-corrected chi connectivity index (χ0v) is 20.1. The van der Waals surface area contributed by atoms with Crippen molar-refractivity contribution in [2.75, 3.05) is 17.3 Å². The van der Waals surface area contributed by atoms with Crippen LogP contribution in [0.25, 0.3) is 27.8 Å². The molecule has 194 valence electrons. The highest BCUT2D eigenvalue weighted by Gasteiger charge is 2.36. The number of sulfone groups is 1. The van der Waals surface area contributed by atoms with E-state index in [1.807, 2.05) is 0 Å². The molecular weight excluding hydrogens is 527 g/mol. The van der Waals surface area contributed by atoms with Crippen LogP contribution in [0.2, 0.25) is 0 Å². The number of nitrogens with two attached hydrogens (primary N) is 1. The molecule has 0 spiro atoms. The van der Waals surface area contributed by atoms with Crippen molar-refractivity contribution >= 4 is 38.5 Å². The Morgan fingerprint density at radius 2 is 1.79 bits per heavy atom. The van der Waals surface area contributed by atoms with Gasteiger partial charge in [0.1, 0.15) is 5.69 Å². The summed E-state index contributed by atoms with van der Waals surface area (Å²) in [5.74, 6) is -1.19. The molecule has 5 aromatic rings. The lowest BCUT2D eigenvalue weighted by Crippen LogP contribution is -2.18. The van der Waals surface area contributed by atoms with E-state index in [1.54, 1.807) is 18.2 Å². The molecule has 3 heterocycles. The number of aromatic nitrogens is 5. The predicted molar refractivity (Wildman–Crippen MR) is 129 cm³/mol. The molecule has 0 saturated carbocycles. The number of fused-ring (bicyclic) bond motifs is 1. The molecule has 0 aliphatic rings. The minimum Gasteiger partial charge on any atom is -0.380 e. The van der Waals surface area contributed by atoms with E-state index in [-0.39, 0.29) is 22.3 Å². The lowest BCUT2D eigenvalue weighted by Gasteiger charge is -2.09. The van der Waals surface area contributed by atoms with Crippen molar-refractivity contribution in [2.24, 2.45) is 0 Å². The highest BCUT2D eigenvalue weighted by atomic mass is 32.2. The van der Waals surface area contributed by atoms with Crippen LogP contribution in [0.4, 0.5) is 24.9 Å². The molecule has 0 aliphatic carbocycles. The van der Waals surface area contributed by atoms with Gasteiger partial charge >= 0.3 is 6.18 Å². The summed E-state index contributed by atoms with van der Waals surface area (Å²) in [5, 5.41) is 9.83. The molecule has 5 rings (SSSR count). The highest BCUT2D eigenvalue weighted by molar-refractivity contribution is 7.90. The second kappa shape index (κ2) is 8.95. The number of nitrogens with zero attached hydrogens (tertiary/aromatic N) is 5. The van der Waals surface area contributed by atoms with E-state index >= 15 is 0 Å². The number of benzene rings is 2. The molecule has 11 nitrogen and oxygen atoms in total. The fraction of sp³-hybridized carbons (Fsp3) is 0.0870. The van der Waals surface area contributed by atoms with Crippen LogP contribution in [0.15, 0.2) is 70.3 Å². The van der Waals surface area contributed by atoms with E-state index in [0.29, 0.717) is 28.2 Å². The smallest absolute Gasteiger partial charge is 0.380 e. The maximum Gasteiger partial charge on any atom is 0.435 e. The first-order valence-corrected chi connectivity index (χ1v) is 12.6. The molecule has 15 heteroatoms. The van der Waals surface area contributed by atoms with Crippen molar-refractivity contribution in [1.29, 1.82) is 0 Å². The molecule has 0 radical (unpaired) electrons. The van der Waals surface area contributed by atoms with Crippen molar-refractivity contribution in [2.45, 2.75) is 11.1 Å². The van der Waals surface area contributed by atoms with Gasteiger partial charge in [0.2, 0.25) is 5.95 Å². The minimum absolute atomic E-state index is 0.0157. The Hall–Kier alpha value is -4.79. The van der Waals surface area contributed by atoms with Crippen molar-refractivity contribution in [3.63, 3.8) is 0 Å². The van der Waals surface area contributed by atoms with Crippen molar-refractivity contribution in [3.8, 4) is 16.8 Å². The van der Waals surface area contributed by atoms with Gasteiger partial charge in [0, 0.05) is 35.8 Å². The first-order chi connectivity index (χ1) is 17.9. The van der Waals surface area contributed by atoms with E-state index < -0.39 is 33.3 Å². The Morgan fingerprint density at radius 3 is 2.47 bits per heavy atom. The molecule has 3 aromatic heterocycles. The van der Waals surface area contributed by atoms with Crippen LogP contribution in [0.5, 0.6) is 0 Å². The molecule has 0 aliphatic heterocycles. The van der Waals surface area contributed by atoms with E-state index in [1.165, 1.54) is 36.7 Å². The lowest BCUT2D eigenvalue weighted by atomic mass is 10.1. The van der Waals surface area contributed by atoms with E-state index in [2.05, 4.69) is 25.5 Å². The first kappa shape index (κ1) is 24.9. The van der Waals surface area contributed by atoms with E-state index in [0.717, 1.165) is 10.9 Å². The van der Waals surface area contributed by atoms with Crippen LogP contribution in [-0.4, -0.2) is 45.5 Å². The van der Waals surface area contributed by atoms with Gasteiger partial charge in [-0.1, -0.05) is 23.4 Å². The van der Waals surface area contributed by atoms with Gasteiger partial charge < -0.3 is 10.3 Å². The summed E-state index contributed by atoms with van der Waals surface area (Å²) in [6, 6.07) is 11.0. The summed E-state index contributed by atoms with van der Waals surface area (Å²) in [4.78, 5) is 21.1. The molecule has 0 saturated heterocycles. The van der Waals surface area contributed by atoms with Gasteiger partial charge in [0.05, 0.1) is 16.0 Å². The molecule has 0 atom stereocenters. The molecule has 0 unspecified atom stereocenters. The molecule has 3 N–H and O–H groups in total. The van der Waals surface area contributed by atoms with Crippen LogP contribution in [-0.2, 0) is 16.0 Å². The number of rotatable bonds is 5. The number of anilines is 2. The third-order valence-corrected chi connectivity index (χ3v) is 6.59. The molecule has 38 heavy (non-hydrogen) atoms. The van der Waals surface area contributed by atoms with Crippen LogP contribution in [0.1, 0.15) is 16.2 Å². The number of hydrogen-bond acceptors (Lipinski definition) is 9. The third kappa shape index (κ3) is 4.66. The van der Waals surface area contributed by atoms with Crippen LogP contribution < -0.4 is 11.1 Å². The predicted octanol–water partition coefficient (Wildman–Crippen LogP) is 3.73. The van der Waals surface area contributed by atoms with Gasteiger partial charge in [0.25, 0.3) is 5.91 Å². The fourth-order valence-electron chi connectivity index (χ4n) is 3.68. The highest BCUT2D eigenvalue weighted by Crippen LogP contribution is 2.31. The Bertz CT molecular complexity index is 1800. The van der Waals surface area contributed by atoms with E-state index in [4.69, 9.17) is 10.3 Å². The number of halogens is 3. The van der Waals surface area contributed by atoms with Crippen LogP contribution in [0, 0.1) is 0 Å². The molecule has 1 amide bonds. The standard InChI is InChI=1S/C23H16F3N7O4S/c1-38(35,36)18-5-3-2-4-14(18)12-10-28-22(29-11-12)30-21(34)16-9-19(23(24,25)26)31-33(16)13-6-7-17-15(8-13)20(27)32-37-17/h2-11H,1H3,(H2,27,32)(H,28,29,30,34). The lowest BCUT2D eigenvalue weighted by molar-refractivity contribution is -0.141. The quantitative estimate of drug-likeness (QED) is 0.337. The Balaban J connectivity index is 1.48. The van der Waals surface area contributed by atoms with Gasteiger partial charge in [-0.15, -0.1) is 0 Å². The van der Waals surface area contributed by atoms with Gasteiger partial charge in [0.15, 0.2) is 26.9 Å². The molecule has 2 aromatic carbocycles. The average molecular weight is 543 g/mol. The summed E-state index contributed by atoms with van der Waals surface area (Å²) < 4.78 is 70.4. The van der Waals surface area contributed by atoms with Crippen LogP contribution in [0.3, 0.4) is 0 Å². The van der Waals surface area contributed by atoms with Crippen molar-refractivity contribution in [1.82, 2.24) is 24.9 Å². The summed E-state index contributed by atoms with van der Waals surface area (Å²) in [6.45, 7) is 0. The third-order valence-electron chi connectivity index (χ3n) is 5.43. The maximum atomic E-state index is 13.5. The Labute approximate surface area is 212 Å². The number of hydrogen-bond donors (Lipinski definition) is 2. The Kier molecular flexibility index (Phi) is 5.86. The van der Waals surface area contributed by atoms with Gasteiger partial charge in [-0.2, -0.15) is 18.3 Å². The summed E-state index contributed by atoms with van der Waals surface area (Å²) in [5.41, 5.74) is 5.09. The summed E-state index contributed by atoms with van der Waals surface area (Å²) in [7, 11) is -3.55. The molecule has 0 bridgehead atoms. The molecular formula is C23H16F3N7O4S. The zero-order chi connectivity index (χ0) is 27.2. The van der Waals surface area contributed by atoms with E-state index in [9.17, 15) is 26.4 Å². The summed E-state index contributed by atoms with van der Waals surface area (Å²) >= 11 is 0. The summed E-state index contributed by atoms with van der Waals surface area (Å²) in [6.07, 6.45) is -1.19. The normalized spacial score (nSPS) is 12.1. The van der Waals surface area contributed by atoms with Crippen molar-refractivity contribution in [3.05, 3.63) is 72.3 Å². The topological polar surface area (TPSA) is 159 Å². The van der Waals surface area contributed by atoms with Crippen molar-refractivity contribution < 1.29 is 30.9 Å². The number of nitrogen functional groups attached to an aromatic ring is 1. The number of carbonyl (C=O) groups is 1.